The number of hydrogen-bond donors (Lipinski definition) is 9. The fourth-order valence-corrected chi connectivity index (χ4v) is 15.7. The van der Waals surface area contributed by atoms with Crippen molar-refractivity contribution in [3.05, 3.63) is 136 Å². The first-order valence-electron chi connectivity index (χ1n) is 41.0. The van der Waals surface area contributed by atoms with Gasteiger partial charge in [-0.05, 0) is 174 Å². The molecular weight excluding hydrogens is 1570 g/mol. The van der Waals surface area contributed by atoms with E-state index >= 15 is 33.2 Å². The van der Waals surface area contributed by atoms with E-state index in [1.165, 1.54) is 42.9 Å². The zero-order chi connectivity index (χ0) is 87.2. The molecule has 5 aromatic rings. The van der Waals surface area contributed by atoms with Crippen LogP contribution in [0, 0.1) is 11.7 Å². The topological polar surface area (TPSA) is 401 Å². The number of aromatic nitrogens is 1. The zero-order valence-electron chi connectivity index (χ0n) is 69.1. The molecule has 4 aromatic carbocycles. The van der Waals surface area contributed by atoms with Crippen LogP contribution >= 0.6 is 0 Å². The highest BCUT2D eigenvalue weighted by Crippen LogP contribution is 2.34. The number of aliphatic hydroxyl groups is 1. The summed E-state index contributed by atoms with van der Waals surface area (Å²) < 4.78 is 68.2. The number of methoxy groups -OCH3 is 1. The Hall–Kier alpha value is -10.7. The Bertz CT molecular complexity index is 4510. The average molecular weight is 1680 g/mol. The molecule has 0 saturated carbocycles. The maximum atomic E-state index is 16.3. The summed E-state index contributed by atoms with van der Waals surface area (Å²) in [4.78, 5) is 189. The molecule has 652 valence electrons. The fourth-order valence-electron chi connectivity index (χ4n) is 15.7. The second-order valence-electron chi connectivity index (χ2n) is 32.8. The van der Waals surface area contributed by atoms with Crippen LogP contribution in [0.2, 0.25) is 0 Å². The Labute approximate surface area is 694 Å². The summed E-state index contributed by atoms with van der Waals surface area (Å²) >= 11 is 0. The molecule has 10 amide bonds. The quantitative estimate of drug-likeness (QED) is 0.0462. The normalized spacial score (nSPS) is 24.1. The van der Waals surface area contributed by atoms with Crippen LogP contribution in [0.5, 0.6) is 5.75 Å². The number of fused-ring (bicyclic) bond motifs is 13. The van der Waals surface area contributed by atoms with Crippen LogP contribution in [0.1, 0.15) is 156 Å². The molecule has 6 heterocycles. The van der Waals surface area contributed by atoms with E-state index < -0.39 is 156 Å². The van der Waals surface area contributed by atoms with Crippen LogP contribution in [0.3, 0.4) is 0 Å². The molecule has 0 aliphatic carbocycles. The van der Waals surface area contributed by atoms with Gasteiger partial charge in [0, 0.05) is 107 Å². The van der Waals surface area contributed by atoms with Crippen LogP contribution < -0.4 is 52.4 Å². The highest BCUT2D eigenvalue weighted by Gasteiger charge is 2.50. The summed E-state index contributed by atoms with van der Waals surface area (Å²) in [6, 6.07) is 14.4. The number of carbonyl (C=O) groups excluding carboxylic acids is 13. The van der Waals surface area contributed by atoms with Crippen molar-refractivity contribution in [1.29, 1.82) is 0 Å². The number of carbonyl (C=O) groups is 13. The molecule has 34 heteroatoms. The van der Waals surface area contributed by atoms with Gasteiger partial charge in [0.25, 0.3) is 0 Å². The number of nitrogens with zero attached hydrogens (tertiary/aromatic N) is 4. The number of Topliss-reactive ketones (excluding diaryl/α,β-unsaturated/α-hetero) is 2. The lowest BCUT2D eigenvalue weighted by Gasteiger charge is -2.37. The molecule has 120 heavy (non-hydrogen) atoms. The lowest BCUT2D eigenvalue weighted by molar-refractivity contribution is -0.870. The minimum absolute atomic E-state index is 0.0479. The van der Waals surface area contributed by atoms with Crippen molar-refractivity contribution in [3.8, 4) is 5.75 Å². The fraction of sp³-hybridized carbons (Fsp3) is 0.547. The Balaban J connectivity index is 0.00000224. The van der Waals surface area contributed by atoms with Gasteiger partial charge in [0.2, 0.25) is 59.1 Å². The standard InChI is InChI=1S/C84H111FN12O16.C2HF3O2/c1-52-77(104)90-66(27-24-63(99)18-10-8-12-38-97(4,5)6)78(105)91-67-43-56-16-14-17-57(40-56)47-87-74(103)51-113-71-32-37-95-76(71)80(107)93-75(53(2)98)79(106)92-68(42-54-20-25-64(111-7)26-21-54)82(109)96-36-15-33-84(96,3)83(110)86-34-31-55-19-22-58(48-88-72(101)29-30-73(102)89-52)61(41-55)50-112-39-13-9-11-35-94-49-60(44-59(81(95)108)45-70(67)100)65-46-62(85)23-28-69(65)94;3-2(4,5)1(6)7/h14,16-17,19-23,25-26,28,40-41,46,49,52-53,59,66-68,71,75-76,98H,8-13,15,18,24,27,29-39,42-45,47-48,50-51H2,1-7H3,(H7-,86,87,88,89,90,91,92,93,101,102,103,104,105,106,107,110);(H,6,7)/t52-,53+,59+,66+,67-,68-,71-,75-,76-,84-;/m0./s1. The molecule has 0 spiro atoms. The lowest BCUT2D eigenvalue weighted by Crippen LogP contribution is -2.63. The molecular formula is C86H112F4N12O18. The SMILES string of the molecule is COc1ccc(C[C@@H]2NC(=O)[C@H]([C@@H](C)O)NC(=O)[C@@H]3[C@@H]4CCN3C(=O)[C@H]3CC(=O)[C@H](Cc5cccc(c5)CNC(=O)CO4)NC(=O)[C@@H](CCC(=O)CCCCC[N+](C)(C)C)NC(=O)[C@H](C)NC(=O)CCC(=O)NCc4ccc(cc4COCCCCCn4cc(c5cc(F)ccc54)C3)CCNC(=O)[C@]3(C)CCCN3C2=O)cc1.O=C([O-])C(F)(F)F. The van der Waals surface area contributed by atoms with E-state index in [1.54, 1.807) is 67.7 Å². The van der Waals surface area contributed by atoms with Crippen molar-refractivity contribution >= 4 is 87.5 Å². The van der Waals surface area contributed by atoms with E-state index in [2.05, 4.69) is 63.7 Å². The number of benzene rings is 4. The monoisotopic (exact) mass is 1680 g/mol. The van der Waals surface area contributed by atoms with Gasteiger partial charge in [0.1, 0.15) is 65.7 Å². The Kier molecular flexibility index (Phi) is 33.4. The van der Waals surface area contributed by atoms with Crippen LogP contribution in [0.4, 0.5) is 17.6 Å². The third-order valence-corrected chi connectivity index (χ3v) is 22.4. The van der Waals surface area contributed by atoms with Gasteiger partial charge in [0.15, 0.2) is 5.78 Å². The summed E-state index contributed by atoms with van der Waals surface area (Å²) in [6.45, 7) is 5.49. The van der Waals surface area contributed by atoms with Gasteiger partial charge >= 0.3 is 6.18 Å². The van der Waals surface area contributed by atoms with Gasteiger partial charge in [-0.2, -0.15) is 13.2 Å². The number of unbranched alkanes of at least 4 members (excludes halogenated alkanes) is 2. The van der Waals surface area contributed by atoms with E-state index in [1.807, 2.05) is 22.8 Å². The number of hydrogen-bond acceptors (Lipinski definition) is 18. The number of ketones is 2. The van der Waals surface area contributed by atoms with Crippen molar-refractivity contribution in [2.75, 3.05) is 67.6 Å². The van der Waals surface area contributed by atoms with Gasteiger partial charge in [-0.1, -0.05) is 54.6 Å². The Morgan fingerprint density at radius 1 is 0.683 bits per heavy atom. The molecule has 0 radical (unpaired) electrons. The number of nitrogens with one attached hydrogen (secondary N) is 8. The van der Waals surface area contributed by atoms with E-state index in [4.69, 9.17) is 24.1 Å². The first-order chi connectivity index (χ1) is 57.0. The number of carboxylic acid groups (broad SMARTS) is 1. The molecule has 2 fully saturated rings. The number of quaternary nitrogens is 1. The molecule has 0 unspecified atom stereocenters. The smallest absolute Gasteiger partial charge is 0.430 e. The minimum atomic E-state index is -5.19. The van der Waals surface area contributed by atoms with Gasteiger partial charge in [-0.3, -0.25) is 57.5 Å². The molecule has 2 saturated heterocycles. The number of ether oxygens (including phenoxy) is 3. The molecule has 11 bridgehead atoms. The number of aliphatic carboxylic acids is 1. The average Bonchev–Trinajstić information content (AvgIpc) is 1.63. The van der Waals surface area contributed by atoms with Crippen LogP contribution in [-0.2, 0) is 124 Å². The van der Waals surface area contributed by atoms with Gasteiger partial charge < -0.3 is 90.6 Å². The van der Waals surface area contributed by atoms with Crippen molar-refractivity contribution in [1.82, 2.24) is 56.9 Å². The summed E-state index contributed by atoms with van der Waals surface area (Å²) in [6.07, 6.45) is -3.35. The van der Waals surface area contributed by atoms with Crippen molar-refractivity contribution in [2.24, 2.45) is 5.92 Å². The first kappa shape index (κ1) is 93.2. The molecule has 9 N–H and O–H groups in total. The number of carboxylic acids is 1. The van der Waals surface area contributed by atoms with Gasteiger partial charge in [-0.25, -0.2) is 4.39 Å². The van der Waals surface area contributed by atoms with Crippen molar-refractivity contribution < 1.29 is 109 Å². The molecule has 5 aliphatic rings. The predicted octanol–water partition coefficient (Wildman–Crippen LogP) is 3.60. The second-order valence-corrected chi connectivity index (χ2v) is 32.8. The van der Waals surface area contributed by atoms with E-state index in [-0.39, 0.29) is 109 Å². The minimum Gasteiger partial charge on any atom is -0.542 e. The number of halogens is 4. The van der Waals surface area contributed by atoms with Gasteiger partial charge in [0.05, 0.1) is 59.7 Å². The van der Waals surface area contributed by atoms with Crippen LogP contribution in [0.25, 0.3) is 10.9 Å². The largest absolute Gasteiger partial charge is 0.542 e. The molecule has 5 aliphatic heterocycles. The van der Waals surface area contributed by atoms with E-state index in [0.29, 0.717) is 96.1 Å². The zero-order valence-corrected chi connectivity index (χ0v) is 69.1. The molecule has 10 atom stereocenters. The lowest BCUT2D eigenvalue weighted by atomic mass is 9.88. The number of rotatable bonds is 13. The molecule has 30 nitrogen and oxygen atoms in total. The number of alkyl halides is 3. The first-order valence-corrected chi connectivity index (χ1v) is 41.0. The summed E-state index contributed by atoms with van der Waals surface area (Å²) in [5.74, 6) is -12.8. The van der Waals surface area contributed by atoms with Gasteiger partial charge in [-0.15, -0.1) is 0 Å². The van der Waals surface area contributed by atoms with Crippen LogP contribution in [0.15, 0.2) is 91.1 Å². The maximum Gasteiger partial charge on any atom is 0.430 e. The summed E-state index contributed by atoms with van der Waals surface area (Å²) in [5.41, 5.74) is 3.55. The second kappa shape index (κ2) is 43.0. The van der Waals surface area contributed by atoms with E-state index in [0.717, 1.165) is 35.0 Å². The summed E-state index contributed by atoms with van der Waals surface area (Å²) in [5, 5.41) is 43.5. The number of aryl methyl sites for hydroxylation is 1. The summed E-state index contributed by atoms with van der Waals surface area (Å²) in [7, 11) is 7.73. The molecule has 10 rings (SSSR count). The number of amides is 10. The van der Waals surface area contributed by atoms with Crippen LogP contribution in [-0.4, -0.2) is 228 Å². The molecule has 1 aromatic heterocycles. The third-order valence-electron chi connectivity index (χ3n) is 22.4. The highest BCUT2D eigenvalue weighted by atomic mass is 19.4. The predicted molar refractivity (Wildman–Crippen MR) is 428 cm³/mol. The maximum absolute atomic E-state index is 16.3. The van der Waals surface area contributed by atoms with E-state index in [9.17, 15) is 47.0 Å². The van der Waals surface area contributed by atoms with Crippen molar-refractivity contribution in [2.45, 2.75) is 229 Å². The number of aliphatic hydroxyl groups excluding tert-OH is 1. The highest BCUT2D eigenvalue weighted by molar-refractivity contribution is 6.00. The van der Waals surface area contributed by atoms with Crippen molar-refractivity contribution in [3.63, 3.8) is 0 Å². The Morgan fingerprint density at radius 3 is 2.13 bits per heavy atom. The Morgan fingerprint density at radius 2 is 1.41 bits per heavy atom. The third kappa shape index (κ3) is 26.6.